The van der Waals surface area contributed by atoms with Crippen LogP contribution in [0.1, 0.15) is 114 Å². The molecule has 0 unspecified atom stereocenters. The highest BCUT2D eigenvalue weighted by molar-refractivity contribution is 5.22. The number of fused-ring (bicyclic) bond motifs is 5. The monoisotopic (exact) mass is 947 g/mol. The van der Waals surface area contributed by atoms with Gasteiger partial charge in [0.15, 0.2) is 18.9 Å². The third-order valence-electron chi connectivity index (χ3n) is 18.7. The van der Waals surface area contributed by atoms with Gasteiger partial charge in [0.2, 0.25) is 0 Å². The van der Waals surface area contributed by atoms with Crippen LogP contribution in [0.5, 0.6) is 0 Å². The average Bonchev–Trinajstić information content (AvgIpc) is 3.64. The first-order chi connectivity index (χ1) is 30.7. The maximum absolute atomic E-state index is 12.7. The van der Waals surface area contributed by atoms with Gasteiger partial charge < -0.3 is 89.7 Å². The van der Waals surface area contributed by atoms with Crippen LogP contribution in [0.2, 0.25) is 0 Å². The topological polar surface area (TPSA) is 298 Å². The van der Waals surface area contributed by atoms with E-state index in [2.05, 4.69) is 26.8 Å². The Bertz CT molecular complexity index is 1700. The Morgan fingerprint density at radius 1 is 0.682 bits per heavy atom. The smallest absolute Gasteiger partial charge is 0.187 e. The van der Waals surface area contributed by atoms with Crippen molar-refractivity contribution < 1.29 is 89.7 Å². The summed E-state index contributed by atoms with van der Waals surface area (Å²) in [6.45, 7) is 16.8. The van der Waals surface area contributed by atoms with Crippen molar-refractivity contribution in [3.63, 3.8) is 0 Å². The van der Waals surface area contributed by atoms with E-state index in [0.717, 1.165) is 5.57 Å². The molecule has 0 spiro atoms. The van der Waals surface area contributed by atoms with Crippen molar-refractivity contribution in [2.75, 3.05) is 13.2 Å². The Labute approximate surface area is 388 Å². The number of ether oxygens (including phenoxy) is 6. The summed E-state index contributed by atoms with van der Waals surface area (Å²) >= 11 is 0. The maximum Gasteiger partial charge on any atom is 0.187 e. The molecule has 0 amide bonds. The van der Waals surface area contributed by atoms with Crippen molar-refractivity contribution >= 4 is 0 Å². The van der Waals surface area contributed by atoms with Gasteiger partial charge in [0, 0.05) is 0 Å². The zero-order chi connectivity index (χ0) is 48.8. The van der Waals surface area contributed by atoms with Crippen molar-refractivity contribution in [3.8, 4) is 0 Å². The van der Waals surface area contributed by atoms with Crippen molar-refractivity contribution in [2.24, 2.45) is 45.3 Å². The van der Waals surface area contributed by atoms with Gasteiger partial charge in [-0.05, 0) is 124 Å². The fourth-order valence-corrected chi connectivity index (χ4v) is 14.9. The molecule has 3 saturated heterocycles. The van der Waals surface area contributed by atoms with Gasteiger partial charge in [0.05, 0.1) is 43.2 Å². The van der Waals surface area contributed by atoms with Crippen LogP contribution in [0.25, 0.3) is 0 Å². The van der Waals surface area contributed by atoms with Gasteiger partial charge in [-0.3, -0.25) is 0 Å². The maximum atomic E-state index is 12.7. The lowest BCUT2D eigenvalue weighted by Crippen LogP contribution is -2.71. The second-order valence-corrected chi connectivity index (χ2v) is 23.0. The molecule has 4 aliphatic carbocycles. The SMILES string of the molecule is CC(C)=CCC[C@](C)(O[C@@H]1O[C@H](CO)[C@@H](O)[C@H](O)[C@H]1O)[C@H]1CC[C@]2(C)[C@@H]1[C@H](O)C[C@@H]1[C@@]3(C)CC[C@H](O)C(C)(C)[C@@H]3[C@H](O[C@@H]3O[C@H](CO)[C@@H](O)[C@H](O)[C@H]3O[C@@H]3O[C@@H](C)[C@H](O)[C@@H](O)[C@H]3O)C[C@]12C. The summed E-state index contributed by atoms with van der Waals surface area (Å²) < 4.78 is 38.1. The summed E-state index contributed by atoms with van der Waals surface area (Å²) in [4.78, 5) is 0. The lowest BCUT2D eigenvalue weighted by atomic mass is 9.34. The van der Waals surface area contributed by atoms with Crippen LogP contribution < -0.4 is 0 Å². The Hall–Kier alpha value is -0.980. The highest BCUT2D eigenvalue weighted by Gasteiger charge is 2.74. The van der Waals surface area contributed by atoms with Crippen molar-refractivity contribution in [3.05, 3.63) is 11.6 Å². The van der Waals surface area contributed by atoms with E-state index in [1.807, 2.05) is 34.6 Å². The van der Waals surface area contributed by atoms with E-state index in [9.17, 15) is 61.3 Å². The standard InChI is InChI=1S/C48H82O18/c1-21(2)11-10-14-48(9,66-42-38(60)35(57)32(54)26(19-49)63-42)23-12-16-46(7)30(23)24(51)17-28-45(6)15-13-29(52)44(4,5)40(45)25(18-47(28,46)8)62-43-39(36(58)33(55)27(20-50)64-43)65-41-37(59)34(56)31(53)22(3)61-41/h11,22-43,49-60H,10,12-20H2,1-9H3/t22-,23-,24+,25+,26+,27+,28+,29-,30-,31-,32+,33+,34+,35-,36-,37+,38+,39+,40-,41-,42-,43+,45+,46+,47+,48-/m0/s1. The first kappa shape index (κ1) is 52.8. The molecule has 7 aliphatic rings. The normalized spacial score (nSPS) is 53.5. The number of allylic oxidation sites excluding steroid dienone is 2. The van der Waals surface area contributed by atoms with Crippen molar-refractivity contribution in [1.82, 2.24) is 0 Å². The van der Waals surface area contributed by atoms with E-state index in [4.69, 9.17) is 28.4 Å². The molecule has 18 heteroatoms. The molecule has 0 aromatic carbocycles. The molecule has 0 radical (unpaired) electrons. The number of rotatable bonds is 12. The molecule has 66 heavy (non-hydrogen) atoms. The molecule has 4 saturated carbocycles. The number of hydrogen-bond acceptors (Lipinski definition) is 18. The van der Waals surface area contributed by atoms with Crippen LogP contribution in [0.15, 0.2) is 11.6 Å². The molecule has 7 rings (SSSR count). The summed E-state index contributed by atoms with van der Waals surface area (Å²) in [5, 5.41) is 132. The van der Waals surface area contributed by atoms with Crippen molar-refractivity contribution in [2.45, 2.75) is 230 Å². The largest absolute Gasteiger partial charge is 0.394 e. The summed E-state index contributed by atoms with van der Waals surface area (Å²) in [7, 11) is 0. The highest BCUT2D eigenvalue weighted by Crippen LogP contribution is 2.76. The zero-order valence-corrected chi connectivity index (χ0v) is 40.2. The molecular formula is C48H82O18. The summed E-state index contributed by atoms with van der Waals surface area (Å²) in [6, 6.07) is 0. The van der Waals surface area contributed by atoms with E-state index in [0.29, 0.717) is 51.4 Å². The Morgan fingerprint density at radius 3 is 1.89 bits per heavy atom. The minimum Gasteiger partial charge on any atom is -0.394 e. The van der Waals surface area contributed by atoms with Gasteiger partial charge in [-0.25, -0.2) is 0 Å². The first-order valence-electron chi connectivity index (χ1n) is 24.3. The molecule has 3 aliphatic heterocycles. The van der Waals surface area contributed by atoms with Gasteiger partial charge in [-0.1, -0.05) is 46.3 Å². The van der Waals surface area contributed by atoms with Gasteiger partial charge >= 0.3 is 0 Å². The number of hydrogen-bond donors (Lipinski definition) is 12. The van der Waals surface area contributed by atoms with Crippen LogP contribution in [0.4, 0.5) is 0 Å². The highest BCUT2D eigenvalue weighted by atomic mass is 16.8. The van der Waals surface area contributed by atoms with E-state index < -0.39 is 151 Å². The van der Waals surface area contributed by atoms with E-state index >= 15 is 0 Å². The molecule has 3 heterocycles. The summed E-state index contributed by atoms with van der Waals surface area (Å²) in [5.41, 5.74) is -2.43. The van der Waals surface area contributed by atoms with E-state index in [1.165, 1.54) is 6.92 Å². The third-order valence-corrected chi connectivity index (χ3v) is 18.7. The second kappa shape index (κ2) is 19.2. The molecule has 7 fully saturated rings. The van der Waals surface area contributed by atoms with Gasteiger partial charge in [0.1, 0.15) is 67.1 Å². The minimum atomic E-state index is -1.75. The lowest BCUT2D eigenvalue weighted by molar-refractivity contribution is -0.382. The van der Waals surface area contributed by atoms with Crippen LogP contribution in [0, 0.1) is 45.3 Å². The fraction of sp³-hybridized carbons (Fsp3) is 0.958. The van der Waals surface area contributed by atoms with E-state index in [-0.39, 0.29) is 23.7 Å². The summed E-state index contributed by atoms with van der Waals surface area (Å²) in [6.07, 6.45) is -18.3. The van der Waals surface area contributed by atoms with Gasteiger partial charge in [-0.2, -0.15) is 0 Å². The van der Waals surface area contributed by atoms with E-state index in [1.54, 1.807) is 0 Å². The molecule has 18 nitrogen and oxygen atoms in total. The molecule has 26 atom stereocenters. The number of aliphatic hydroxyl groups is 12. The predicted octanol–water partition coefficient (Wildman–Crippen LogP) is -0.0284. The van der Waals surface area contributed by atoms with Gasteiger partial charge in [-0.15, -0.1) is 0 Å². The average molecular weight is 947 g/mol. The molecule has 0 aromatic heterocycles. The summed E-state index contributed by atoms with van der Waals surface area (Å²) in [5.74, 6) is -1.12. The predicted molar refractivity (Wildman–Crippen MR) is 234 cm³/mol. The second-order valence-electron chi connectivity index (χ2n) is 23.0. The fourth-order valence-electron chi connectivity index (χ4n) is 14.9. The first-order valence-corrected chi connectivity index (χ1v) is 24.3. The Morgan fingerprint density at radius 2 is 1.27 bits per heavy atom. The number of aliphatic hydroxyl groups excluding tert-OH is 12. The van der Waals surface area contributed by atoms with Crippen LogP contribution in [-0.4, -0.2) is 191 Å². The Kier molecular flexibility index (Phi) is 15.4. The van der Waals surface area contributed by atoms with Crippen LogP contribution >= 0.6 is 0 Å². The molecule has 0 bridgehead atoms. The quantitative estimate of drug-likeness (QED) is 0.0904. The lowest BCUT2D eigenvalue weighted by Gasteiger charge is -2.72. The molecule has 382 valence electrons. The molecule has 0 aromatic rings. The minimum absolute atomic E-state index is 0.0861. The molecular weight excluding hydrogens is 865 g/mol. The zero-order valence-electron chi connectivity index (χ0n) is 40.2. The van der Waals surface area contributed by atoms with Crippen LogP contribution in [0.3, 0.4) is 0 Å². The van der Waals surface area contributed by atoms with Crippen LogP contribution in [-0.2, 0) is 28.4 Å². The third kappa shape index (κ3) is 8.69. The Balaban J connectivity index is 1.27. The van der Waals surface area contributed by atoms with Gasteiger partial charge in [0.25, 0.3) is 0 Å². The van der Waals surface area contributed by atoms with Crippen molar-refractivity contribution in [1.29, 1.82) is 0 Å². The molecule has 12 N–H and O–H groups in total.